The summed E-state index contributed by atoms with van der Waals surface area (Å²) >= 11 is 0. The van der Waals surface area contributed by atoms with E-state index in [1.54, 1.807) is 18.0 Å². The molecule has 39 heavy (non-hydrogen) atoms. The number of carbonyl (C=O) groups is 1. The van der Waals surface area contributed by atoms with Crippen molar-refractivity contribution in [2.75, 3.05) is 20.1 Å². The molecule has 4 aliphatic rings. The molecule has 5 nitrogen and oxygen atoms in total. The minimum Gasteiger partial charge on any atom is -0.504 e. The van der Waals surface area contributed by atoms with Crippen LogP contribution in [0.1, 0.15) is 60.8 Å². The summed E-state index contributed by atoms with van der Waals surface area (Å²) in [4.78, 5) is 17.4. The molecule has 4 atom stereocenters. The molecule has 1 heterocycles. The highest BCUT2D eigenvalue weighted by molar-refractivity contribution is 5.94. The molecule has 206 valence electrons. The number of rotatable bonds is 3. The van der Waals surface area contributed by atoms with E-state index < -0.39 is 11.7 Å². The van der Waals surface area contributed by atoms with Crippen LogP contribution in [0.25, 0.3) is 0 Å². The third-order valence-corrected chi connectivity index (χ3v) is 9.69. The van der Waals surface area contributed by atoms with Crippen molar-refractivity contribution >= 4 is 5.91 Å². The quantitative estimate of drug-likeness (QED) is 0.423. The summed E-state index contributed by atoms with van der Waals surface area (Å²) in [6.45, 7) is 2.07. The minimum atomic E-state index is -4.42. The van der Waals surface area contributed by atoms with Crippen LogP contribution in [0, 0.1) is 23.7 Å². The predicted molar refractivity (Wildman–Crippen MR) is 140 cm³/mol. The highest BCUT2D eigenvalue weighted by Gasteiger charge is 2.57. The molecule has 1 aliphatic heterocycles. The van der Waals surface area contributed by atoms with Gasteiger partial charge < -0.3 is 15.1 Å². The van der Waals surface area contributed by atoms with Gasteiger partial charge in [-0.1, -0.05) is 12.0 Å². The number of benzene rings is 2. The van der Waals surface area contributed by atoms with E-state index in [4.69, 9.17) is 0 Å². The Morgan fingerprint density at radius 2 is 1.85 bits per heavy atom. The summed E-state index contributed by atoms with van der Waals surface area (Å²) in [5, 5.41) is 21.1. The van der Waals surface area contributed by atoms with E-state index in [1.807, 2.05) is 6.07 Å². The molecule has 0 radical (unpaired) electrons. The van der Waals surface area contributed by atoms with Gasteiger partial charge in [0.25, 0.3) is 5.91 Å². The zero-order chi connectivity index (χ0) is 27.5. The molecule has 0 aromatic heterocycles. The van der Waals surface area contributed by atoms with Crippen LogP contribution in [-0.4, -0.2) is 58.1 Å². The molecule has 2 bridgehead atoms. The van der Waals surface area contributed by atoms with Gasteiger partial charge in [0.05, 0.1) is 5.56 Å². The lowest BCUT2D eigenvalue weighted by atomic mass is 9.51. The van der Waals surface area contributed by atoms with Gasteiger partial charge in [0, 0.05) is 48.1 Å². The molecule has 8 heteroatoms. The Balaban J connectivity index is 1.25. The molecule has 2 aromatic carbocycles. The third kappa shape index (κ3) is 4.65. The molecular formula is C31H33F3N2O3. The first-order chi connectivity index (χ1) is 18.6. The Kier molecular flexibility index (Phi) is 6.33. The second kappa shape index (κ2) is 9.48. The number of amides is 1. The normalized spacial score (nSPS) is 28.1. The number of alkyl halides is 3. The summed E-state index contributed by atoms with van der Waals surface area (Å²) in [5.41, 5.74) is 1.36. The SMILES string of the molecule is CN(C(=O)C#Cc1ccc(C(F)(F)F)cc1)[C@@H]1CC[C@H]2[C@H]3Cc4c(ccc(O)c4O)[C@@]2(CCN3CC2CC2)C1. The van der Waals surface area contributed by atoms with Crippen molar-refractivity contribution < 1.29 is 28.2 Å². The number of carbonyl (C=O) groups excluding carboxylic acids is 1. The number of hydrogen-bond acceptors (Lipinski definition) is 4. The van der Waals surface area contributed by atoms with Crippen molar-refractivity contribution in [3.8, 4) is 23.3 Å². The van der Waals surface area contributed by atoms with Gasteiger partial charge in [-0.2, -0.15) is 13.2 Å². The largest absolute Gasteiger partial charge is 0.504 e. The summed E-state index contributed by atoms with van der Waals surface area (Å²) in [6.07, 6.45) is 2.38. The van der Waals surface area contributed by atoms with Crippen LogP contribution in [0.15, 0.2) is 36.4 Å². The van der Waals surface area contributed by atoms with Gasteiger partial charge in [-0.25, -0.2) is 0 Å². The van der Waals surface area contributed by atoms with Crippen molar-refractivity contribution in [1.82, 2.24) is 9.80 Å². The maximum absolute atomic E-state index is 13.1. The van der Waals surface area contributed by atoms with Crippen molar-refractivity contribution in [1.29, 1.82) is 0 Å². The number of aromatic hydroxyl groups is 2. The van der Waals surface area contributed by atoms with Crippen LogP contribution in [0.2, 0.25) is 0 Å². The van der Waals surface area contributed by atoms with E-state index in [0.717, 1.165) is 74.4 Å². The second-order valence-corrected chi connectivity index (χ2v) is 11.9. The molecule has 2 saturated carbocycles. The Morgan fingerprint density at radius 3 is 2.54 bits per heavy atom. The molecule has 2 N–H and O–H groups in total. The fourth-order valence-corrected chi connectivity index (χ4v) is 7.47. The highest BCUT2D eigenvalue weighted by Crippen LogP contribution is 2.58. The van der Waals surface area contributed by atoms with Gasteiger partial charge in [0.1, 0.15) is 0 Å². The number of halogens is 3. The summed E-state index contributed by atoms with van der Waals surface area (Å²) < 4.78 is 38.5. The number of fused-ring (bicyclic) bond motifs is 1. The van der Waals surface area contributed by atoms with E-state index in [1.165, 1.54) is 25.0 Å². The van der Waals surface area contributed by atoms with E-state index in [0.29, 0.717) is 17.5 Å². The van der Waals surface area contributed by atoms with Crippen molar-refractivity contribution in [2.45, 2.75) is 68.6 Å². The number of hydrogen-bond donors (Lipinski definition) is 2. The first-order valence-electron chi connectivity index (χ1n) is 13.8. The van der Waals surface area contributed by atoms with Crippen LogP contribution in [0.5, 0.6) is 11.5 Å². The Labute approximate surface area is 226 Å². The lowest BCUT2D eigenvalue weighted by molar-refractivity contribution is -0.137. The fourth-order valence-electron chi connectivity index (χ4n) is 7.47. The maximum Gasteiger partial charge on any atom is 0.416 e. The maximum atomic E-state index is 13.1. The van der Waals surface area contributed by atoms with E-state index in [-0.39, 0.29) is 28.9 Å². The molecular weight excluding hydrogens is 505 g/mol. The molecule has 0 unspecified atom stereocenters. The van der Waals surface area contributed by atoms with E-state index >= 15 is 0 Å². The van der Waals surface area contributed by atoms with Crippen LogP contribution < -0.4 is 0 Å². The summed E-state index contributed by atoms with van der Waals surface area (Å²) in [5.74, 6) is 6.07. The summed E-state index contributed by atoms with van der Waals surface area (Å²) in [7, 11) is 1.75. The van der Waals surface area contributed by atoms with Crippen molar-refractivity contribution in [3.05, 3.63) is 58.7 Å². The number of phenols is 2. The summed E-state index contributed by atoms with van der Waals surface area (Å²) in [6, 6.07) is 8.32. The third-order valence-electron chi connectivity index (χ3n) is 9.69. The fraction of sp³-hybridized carbons (Fsp3) is 0.516. The first-order valence-corrected chi connectivity index (χ1v) is 13.8. The van der Waals surface area contributed by atoms with Gasteiger partial charge in [-0.3, -0.25) is 9.69 Å². The number of piperidine rings is 1. The van der Waals surface area contributed by atoms with E-state index in [2.05, 4.69) is 16.7 Å². The number of likely N-dealkylation sites (tertiary alicyclic amines) is 1. The van der Waals surface area contributed by atoms with Gasteiger partial charge in [0.15, 0.2) is 11.5 Å². The van der Waals surface area contributed by atoms with Gasteiger partial charge in [-0.15, -0.1) is 0 Å². The zero-order valence-electron chi connectivity index (χ0n) is 22.0. The molecule has 3 aliphatic carbocycles. The molecule has 0 spiro atoms. The minimum absolute atomic E-state index is 0.0161. The van der Waals surface area contributed by atoms with Crippen molar-refractivity contribution in [3.63, 3.8) is 0 Å². The lowest BCUT2D eigenvalue weighted by Gasteiger charge is -2.61. The molecule has 1 amide bonds. The smallest absolute Gasteiger partial charge is 0.416 e. The van der Waals surface area contributed by atoms with Crippen LogP contribution >= 0.6 is 0 Å². The zero-order valence-corrected chi connectivity index (χ0v) is 22.0. The van der Waals surface area contributed by atoms with Crippen molar-refractivity contribution in [2.24, 2.45) is 11.8 Å². The second-order valence-electron chi connectivity index (χ2n) is 11.9. The number of nitrogens with zero attached hydrogens (tertiary/aromatic N) is 2. The molecule has 6 rings (SSSR count). The van der Waals surface area contributed by atoms with Gasteiger partial charge >= 0.3 is 6.18 Å². The Bertz CT molecular complexity index is 1340. The number of phenolic OH excluding ortho intramolecular Hbond substituents is 2. The molecule has 2 aromatic rings. The lowest BCUT2D eigenvalue weighted by Crippen LogP contribution is -2.63. The molecule has 1 saturated heterocycles. The topological polar surface area (TPSA) is 64.0 Å². The first kappa shape index (κ1) is 26.1. The predicted octanol–water partition coefficient (Wildman–Crippen LogP) is 5.07. The average Bonchev–Trinajstić information content (AvgIpc) is 3.74. The van der Waals surface area contributed by atoms with Crippen LogP contribution in [0.3, 0.4) is 0 Å². The van der Waals surface area contributed by atoms with Gasteiger partial charge in [-0.05, 0) is 99.2 Å². The standard InChI is InChI=1S/C31H33F3N2O3/c1-35(28(38)13-6-19-4-7-21(8-5-19)31(32,33)34)22-9-10-25-26-16-23-24(11-12-27(37)29(23)39)30(25,17-22)14-15-36(26)18-20-2-3-20/h4-5,7-8,11-12,20,22,25-26,37,39H,2-3,9-10,14-18H2,1H3/t22-,25+,26-,30-/m1/s1. The van der Waals surface area contributed by atoms with Crippen LogP contribution in [0.4, 0.5) is 13.2 Å². The van der Waals surface area contributed by atoms with E-state index in [9.17, 15) is 28.2 Å². The highest BCUT2D eigenvalue weighted by atomic mass is 19.4. The average molecular weight is 539 g/mol. The Hall–Kier alpha value is -3.18. The monoisotopic (exact) mass is 538 g/mol. The van der Waals surface area contributed by atoms with Crippen LogP contribution in [-0.2, 0) is 22.8 Å². The molecule has 3 fully saturated rings. The van der Waals surface area contributed by atoms with Gasteiger partial charge in [0.2, 0.25) is 0 Å². The Morgan fingerprint density at radius 1 is 1.10 bits per heavy atom.